The maximum absolute atomic E-state index is 6.35. The predicted octanol–water partition coefficient (Wildman–Crippen LogP) is 11.7. The first-order chi connectivity index (χ1) is 21.0. The Morgan fingerprint density at radius 1 is 0.442 bits per heavy atom. The molecule has 9 rings (SSSR count). The minimum Gasteiger partial charge on any atom is -0.456 e. The van der Waals surface area contributed by atoms with Gasteiger partial charge in [0.2, 0.25) is 0 Å². The molecule has 2 nitrogen and oxygen atoms in total. The lowest BCUT2D eigenvalue weighted by Crippen LogP contribution is -2.15. The van der Waals surface area contributed by atoms with Crippen LogP contribution < -0.4 is 4.90 Å². The summed E-state index contributed by atoms with van der Waals surface area (Å²) < 4.78 is 6.35. The number of para-hydroxylation sites is 1. The Hall–Kier alpha value is -5.34. The average molecular weight is 552 g/mol. The van der Waals surface area contributed by atoms with Gasteiger partial charge in [-0.1, -0.05) is 92.7 Å². The molecule has 0 fully saturated rings. The zero-order chi connectivity index (χ0) is 28.7. The smallest absolute Gasteiger partial charge is 0.137 e. The predicted molar refractivity (Wildman–Crippen MR) is 181 cm³/mol. The average Bonchev–Trinajstić information content (AvgIpc) is 3.51. The fourth-order valence-electron chi connectivity index (χ4n) is 7.18. The van der Waals surface area contributed by atoms with E-state index in [4.69, 9.17) is 4.42 Å². The van der Waals surface area contributed by atoms with E-state index in [1.165, 1.54) is 43.8 Å². The number of benzene rings is 7. The number of furan rings is 1. The highest BCUT2D eigenvalue weighted by molar-refractivity contribution is 6.06. The van der Waals surface area contributed by atoms with Crippen molar-refractivity contribution in [2.24, 2.45) is 0 Å². The molecule has 0 unspecified atom stereocenters. The van der Waals surface area contributed by atoms with E-state index in [0.717, 1.165) is 39.0 Å². The number of hydrogen-bond donors (Lipinski definition) is 0. The van der Waals surface area contributed by atoms with Gasteiger partial charge in [0.1, 0.15) is 11.2 Å². The lowest BCUT2D eigenvalue weighted by Gasteiger charge is -2.27. The number of fused-ring (bicyclic) bond motifs is 8. The highest BCUT2D eigenvalue weighted by atomic mass is 16.3. The second-order valence-electron chi connectivity index (χ2n) is 12.2. The molecule has 2 heteroatoms. The fraction of sp³-hybridized carbons (Fsp3) is 0.0732. The van der Waals surface area contributed by atoms with Crippen LogP contribution in [-0.2, 0) is 5.41 Å². The van der Waals surface area contributed by atoms with Crippen molar-refractivity contribution in [1.82, 2.24) is 0 Å². The van der Waals surface area contributed by atoms with Gasteiger partial charge in [-0.2, -0.15) is 0 Å². The van der Waals surface area contributed by atoms with Crippen molar-refractivity contribution in [1.29, 1.82) is 0 Å². The van der Waals surface area contributed by atoms with Crippen LogP contribution in [0.2, 0.25) is 0 Å². The molecule has 204 valence electrons. The quantitative estimate of drug-likeness (QED) is 0.217. The van der Waals surface area contributed by atoms with E-state index in [2.05, 4.69) is 146 Å². The van der Waals surface area contributed by atoms with Crippen LogP contribution >= 0.6 is 0 Å². The van der Waals surface area contributed by atoms with E-state index in [9.17, 15) is 0 Å². The highest BCUT2D eigenvalue weighted by Crippen LogP contribution is 2.52. The minimum absolute atomic E-state index is 0.0752. The summed E-state index contributed by atoms with van der Waals surface area (Å²) in [6.45, 7) is 4.70. The van der Waals surface area contributed by atoms with E-state index in [1.54, 1.807) is 0 Å². The van der Waals surface area contributed by atoms with Crippen molar-refractivity contribution in [2.45, 2.75) is 19.3 Å². The van der Waals surface area contributed by atoms with E-state index < -0.39 is 0 Å². The molecule has 0 radical (unpaired) electrons. The zero-order valence-electron chi connectivity index (χ0n) is 24.1. The summed E-state index contributed by atoms with van der Waals surface area (Å²) in [5.74, 6) is 0. The van der Waals surface area contributed by atoms with Crippen LogP contribution in [0, 0.1) is 0 Å². The molecule has 0 aliphatic heterocycles. The van der Waals surface area contributed by atoms with Crippen molar-refractivity contribution in [3.63, 3.8) is 0 Å². The first-order valence-corrected chi connectivity index (χ1v) is 14.9. The Kier molecular flexibility index (Phi) is 4.99. The Morgan fingerprint density at radius 3 is 1.86 bits per heavy atom. The Morgan fingerprint density at radius 2 is 1.02 bits per heavy atom. The molecule has 1 aromatic heterocycles. The van der Waals surface area contributed by atoms with Crippen LogP contribution in [0.3, 0.4) is 0 Å². The Bertz CT molecular complexity index is 2390. The van der Waals surface area contributed by atoms with E-state index in [0.29, 0.717) is 0 Å². The first-order valence-electron chi connectivity index (χ1n) is 14.9. The van der Waals surface area contributed by atoms with Gasteiger partial charge >= 0.3 is 0 Å². The second kappa shape index (κ2) is 8.83. The number of nitrogens with zero attached hydrogens (tertiary/aromatic N) is 1. The van der Waals surface area contributed by atoms with E-state index in [1.807, 2.05) is 12.1 Å². The molecule has 0 N–H and O–H groups in total. The van der Waals surface area contributed by atoms with Crippen LogP contribution in [-0.4, -0.2) is 0 Å². The molecule has 1 heterocycles. The molecule has 0 bridgehead atoms. The van der Waals surface area contributed by atoms with Crippen LogP contribution in [0.15, 0.2) is 144 Å². The van der Waals surface area contributed by atoms with Gasteiger partial charge in [-0.3, -0.25) is 0 Å². The maximum atomic E-state index is 6.35. The minimum atomic E-state index is -0.0752. The SMILES string of the molecule is CC1(C)c2ccc(N(c3ccc4ccccc4c3)c3ccc4c(c3)oc3ccccc34)cc2-c2cc3ccccc3cc21. The van der Waals surface area contributed by atoms with Crippen LogP contribution in [0.25, 0.3) is 54.6 Å². The van der Waals surface area contributed by atoms with E-state index in [-0.39, 0.29) is 5.41 Å². The molecule has 1 aliphatic rings. The Labute approximate surface area is 250 Å². The number of anilines is 3. The van der Waals surface area contributed by atoms with Gasteiger partial charge in [0.05, 0.1) is 0 Å². The molecule has 43 heavy (non-hydrogen) atoms. The monoisotopic (exact) mass is 551 g/mol. The molecule has 0 atom stereocenters. The summed E-state index contributed by atoms with van der Waals surface area (Å²) in [6, 6.07) is 50.6. The third-order valence-electron chi connectivity index (χ3n) is 9.40. The van der Waals surface area contributed by atoms with Crippen molar-refractivity contribution in [3.8, 4) is 11.1 Å². The molecule has 0 saturated heterocycles. The summed E-state index contributed by atoms with van der Waals surface area (Å²) >= 11 is 0. The van der Waals surface area contributed by atoms with Gasteiger partial charge < -0.3 is 9.32 Å². The molecule has 0 saturated carbocycles. The van der Waals surface area contributed by atoms with Gasteiger partial charge in [0.15, 0.2) is 0 Å². The van der Waals surface area contributed by atoms with Crippen molar-refractivity contribution < 1.29 is 4.42 Å². The van der Waals surface area contributed by atoms with Gasteiger partial charge in [-0.15, -0.1) is 0 Å². The normalized spacial score (nSPS) is 13.5. The van der Waals surface area contributed by atoms with Crippen molar-refractivity contribution in [2.75, 3.05) is 4.90 Å². The lowest BCUT2D eigenvalue weighted by atomic mass is 9.82. The van der Waals surface area contributed by atoms with Gasteiger partial charge in [0.25, 0.3) is 0 Å². The summed E-state index contributed by atoms with van der Waals surface area (Å²) in [7, 11) is 0. The van der Waals surface area contributed by atoms with Crippen molar-refractivity contribution in [3.05, 3.63) is 151 Å². The lowest BCUT2D eigenvalue weighted by molar-refractivity contribution is 0.661. The molecule has 0 amide bonds. The second-order valence-corrected chi connectivity index (χ2v) is 12.2. The summed E-state index contributed by atoms with van der Waals surface area (Å²) in [4.78, 5) is 2.37. The molecular formula is C41H29NO. The van der Waals surface area contributed by atoms with Gasteiger partial charge in [0, 0.05) is 39.3 Å². The van der Waals surface area contributed by atoms with Crippen LogP contribution in [0.1, 0.15) is 25.0 Å². The zero-order valence-corrected chi connectivity index (χ0v) is 24.1. The standard InChI is InChI=1S/C41H29NO/c1-41(2)37-20-18-31(24-36(37)35-22-28-11-5-6-12-29(28)23-38(35)41)42(30-16-15-26-9-3-4-10-27(26)21-30)32-17-19-34-33-13-7-8-14-39(33)43-40(34)25-32/h3-25H,1-2H3. The summed E-state index contributed by atoms with van der Waals surface area (Å²) in [5, 5.41) is 7.29. The van der Waals surface area contributed by atoms with Crippen LogP contribution in [0.5, 0.6) is 0 Å². The fourth-order valence-corrected chi connectivity index (χ4v) is 7.18. The third-order valence-corrected chi connectivity index (χ3v) is 9.40. The third kappa shape index (κ3) is 3.60. The van der Waals surface area contributed by atoms with E-state index >= 15 is 0 Å². The molecule has 1 aliphatic carbocycles. The summed E-state index contributed by atoms with van der Waals surface area (Å²) in [5.41, 5.74) is 10.4. The van der Waals surface area contributed by atoms with Gasteiger partial charge in [-0.05, 0) is 98.4 Å². The molecule has 8 aromatic rings. The van der Waals surface area contributed by atoms with Gasteiger partial charge in [-0.25, -0.2) is 0 Å². The molecule has 0 spiro atoms. The first kappa shape index (κ1) is 24.3. The largest absolute Gasteiger partial charge is 0.456 e. The molecular weight excluding hydrogens is 522 g/mol. The highest BCUT2D eigenvalue weighted by Gasteiger charge is 2.36. The van der Waals surface area contributed by atoms with Crippen LogP contribution in [0.4, 0.5) is 17.1 Å². The maximum Gasteiger partial charge on any atom is 0.137 e. The topological polar surface area (TPSA) is 16.4 Å². The molecule has 7 aromatic carbocycles. The number of hydrogen-bond acceptors (Lipinski definition) is 2. The van der Waals surface area contributed by atoms with Crippen molar-refractivity contribution >= 4 is 60.5 Å². The Balaban J connectivity index is 1.28. The number of rotatable bonds is 3. The summed E-state index contributed by atoms with van der Waals surface area (Å²) in [6.07, 6.45) is 0.